The van der Waals surface area contributed by atoms with Gasteiger partial charge in [-0.1, -0.05) is 0 Å². The third kappa shape index (κ3) is 3.43. The number of rotatable bonds is 4. The predicted octanol–water partition coefficient (Wildman–Crippen LogP) is 1.10. The van der Waals surface area contributed by atoms with Crippen LogP contribution in [0, 0.1) is 0 Å². The number of pyridine rings is 1. The number of nitrogens with zero attached hydrogens (tertiary/aromatic N) is 2. The molecule has 2 N–H and O–H groups in total. The molecule has 0 aliphatic heterocycles. The summed E-state index contributed by atoms with van der Waals surface area (Å²) in [5.41, 5.74) is 6.54. The Morgan fingerprint density at radius 2 is 2.40 bits per heavy atom. The predicted molar refractivity (Wildman–Crippen MR) is 64.0 cm³/mol. The molecule has 0 aliphatic carbocycles. The lowest BCUT2D eigenvalue weighted by Gasteiger charge is -2.15. The van der Waals surface area contributed by atoms with Crippen molar-refractivity contribution in [2.45, 2.75) is 0 Å². The van der Waals surface area contributed by atoms with Gasteiger partial charge in [0.1, 0.15) is 5.69 Å². The zero-order valence-corrected chi connectivity index (χ0v) is 9.75. The molecular weight excluding hydrogens is 210 g/mol. The summed E-state index contributed by atoms with van der Waals surface area (Å²) in [4.78, 5) is 17.4. The van der Waals surface area contributed by atoms with Gasteiger partial charge in [-0.25, -0.2) is 0 Å². The number of anilines is 1. The fourth-order valence-corrected chi connectivity index (χ4v) is 1.55. The SMILES string of the molecule is CSCCN(C)C(=O)c1cc(N)ccn1. The molecule has 15 heavy (non-hydrogen) atoms. The van der Waals surface area contributed by atoms with Gasteiger partial charge < -0.3 is 10.6 Å². The van der Waals surface area contributed by atoms with E-state index in [4.69, 9.17) is 5.73 Å². The summed E-state index contributed by atoms with van der Waals surface area (Å²) in [6.45, 7) is 0.719. The lowest BCUT2D eigenvalue weighted by atomic mass is 10.3. The maximum Gasteiger partial charge on any atom is 0.272 e. The molecule has 1 rings (SSSR count). The third-order valence-electron chi connectivity index (χ3n) is 1.98. The Morgan fingerprint density at radius 1 is 1.67 bits per heavy atom. The lowest BCUT2D eigenvalue weighted by molar-refractivity contribution is 0.0798. The van der Waals surface area contributed by atoms with Gasteiger partial charge in [-0.05, 0) is 18.4 Å². The average Bonchev–Trinajstić information content (AvgIpc) is 2.24. The number of hydrogen-bond donors (Lipinski definition) is 1. The van der Waals surface area contributed by atoms with E-state index in [0.717, 1.165) is 12.3 Å². The first-order chi connectivity index (χ1) is 7.15. The Kier molecular flexibility index (Phi) is 4.42. The number of carbonyl (C=O) groups is 1. The summed E-state index contributed by atoms with van der Waals surface area (Å²) in [6.07, 6.45) is 3.56. The van der Waals surface area contributed by atoms with Crippen LogP contribution >= 0.6 is 11.8 Å². The number of aromatic nitrogens is 1. The molecule has 0 radical (unpaired) electrons. The smallest absolute Gasteiger partial charge is 0.272 e. The van der Waals surface area contributed by atoms with E-state index in [9.17, 15) is 4.79 Å². The van der Waals surface area contributed by atoms with E-state index < -0.39 is 0 Å². The summed E-state index contributed by atoms with van der Waals surface area (Å²) in [5, 5.41) is 0. The maximum atomic E-state index is 11.8. The second-order valence-electron chi connectivity index (χ2n) is 3.19. The van der Waals surface area contributed by atoms with Gasteiger partial charge in [0.05, 0.1) is 0 Å². The molecule has 0 fully saturated rings. The van der Waals surface area contributed by atoms with Crippen LogP contribution in [0.2, 0.25) is 0 Å². The van der Waals surface area contributed by atoms with E-state index in [1.54, 1.807) is 42.0 Å². The van der Waals surface area contributed by atoms with Crippen molar-refractivity contribution in [3.8, 4) is 0 Å². The molecule has 0 bridgehead atoms. The molecule has 0 aromatic carbocycles. The average molecular weight is 225 g/mol. The van der Waals surface area contributed by atoms with Crippen LogP contribution in [0.15, 0.2) is 18.3 Å². The van der Waals surface area contributed by atoms with Crippen molar-refractivity contribution < 1.29 is 4.79 Å². The van der Waals surface area contributed by atoms with E-state index >= 15 is 0 Å². The molecule has 0 unspecified atom stereocenters. The highest BCUT2D eigenvalue weighted by molar-refractivity contribution is 7.98. The molecular formula is C10H15N3OS. The number of carbonyl (C=O) groups excluding carboxylic acids is 1. The number of thioether (sulfide) groups is 1. The molecule has 0 spiro atoms. The van der Waals surface area contributed by atoms with Crippen molar-refractivity contribution >= 4 is 23.4 Å². The van der Waals surface area contributed by atoms with Gasteiger partial charge in [0.15, 0.2) is 0 Å². The van der Waals surface area contributed by atoms with E-state index in [2.05, 4.69) is 4.98 Å². The van der Waals surface area contributed by atoms with Crippen molar-refractivity contribution in [2.75, 3.05) is 31.3 Å². The number of amides is 1. The molecule has 4 nitrogen and oxygen atoms in total. The van der Waals surface area contributed by atoms with Gasteiger partial charge in [-0.3, -0.25) is 9.78 Å². The molecule has 1 aromatic rings. The largest absolute Gasteiger partial charge is 0.399 e. The van der Waals surface area contributed by atoms with Crippen LogP contribution in [-0.4, -0.2) is 41.4 Å². The van der Waals surface area contributed by atoms with Crippen molar-refractivity contribution in [1.82, 2.24) is 9.88 Å². The molecule has 82 valence electrons. The van der Waals surface area contributed by atoms with Crippen LogP contribution in [0.4, 0.5) is 5.69 Å². The Hall–Kier alpha value is -1.23. The normalized spacial score (nSPS) is 10.0. The highest BCUT2D eigenvalue weighted by Gasteiger charge is 2.12. The summed E-state index contributed by atoms with van der Waals surface area (Å²) < 4.78 is 0. The zero-order chi connectivity index (χ0) is 11.3. The molecule has 1 aromatic heterocycles. The second-order valence-corrected chi connectivity index (χ2v) is 4.18. The first kappa shape index (κ1) is 11.8. The van der Waals surface area contributed by atoms with Crippen molar-refractivity contribution in [1.29, 1.82) is 0 Å². The first-order valence-corrected chi connectivity index (χ1v) is 6.00. The zero-order valence-electron chi connectivity index (χ0n) is 8.93. The first-order valence-electron chi connectivity index (χ1n) is 4.61. The van der Waals surface area contributed by atoms with E-state index in [1.807, 2.05) is 6.26 Å². The van der Waals surface area contributed by atoms with Crippen LogP contribution < -0.4 is 5.73 Å². The van der Waals surface area contributed by atoms with Gasteiger partial charge in [0, 0.05) is 31.2 Å². The van der Waals surface area contributed by atoms with E-state index in [1.165, 1.54) is 0 Å². The van der Waals surface area contributed by atoms with Crippen LogP contribution in [0.5, 0.6) is 0 Å². The molecule has 1 heterocycles. The second kappa shape index (κ2) is 5.60. The van der Waals surface area contributed by atoms with Crippen LogP contribution in [-0.2, 0) is 0 Å². The van der Waals surface area contributed by atoms with Crippen molar-refractivity contribution in [3.63, 3.8) is 0 Å². The summed E-state index contributed by atoms with van der Waals surface area (Å²) >= 11 is 1.71. The quantitative estimate of drug-likeness (QED) is 0.833. The highest BCUT2D eigenvalue weighted by atomic mass is 32.2. The summed E-state index contributed by atoms with van der Waals surface area (Å²) in [5.74, 6) is 0.834. The minimum Gasteiger partial charge on any atom is -0.399 e. The molecule has 0 saturated heterocycles. The monoisotopic (exact) mass is 225 g/mol. The maximum absolute atomic E-state index is 11.8. The van der Waals surface area contributed by atoms with Gasteiger partial charge >= 0.3 is 0 Å². The summed E-state index contributed by atoms with van der Waals surface area (Å²) in [6, 6.07) is 3.26. The number of nitrogens with two attached hydrogens (primary N) is 1. The fourth-order valence-electron chi connectivity index (χ4n) is 1.09. The van der Waals surface area contributed by atoms with Gasteiger partial charge in [-0.15, -0.1) is 0 Å². The van der Waals surface area contributed by atoms with Crippen molar-refractivity contribution in [3.05, 3.63) is 24.0 Å². The highest BCUT2D eigenvalue weighted by Crippen LogP contribution is 2.06. The Balaban J connectivity index is 2.67. The number of nitrogen functional groups attached to an aromatic ring is 1. The molecule has 0 atom stereocenters. The minimum absolute atomic E-state index is 0.0867. The minimum atomic E-state index is -0.0867. The molecule has 1 amide bonds. The van der Waals surface area contributed by atoms with Crippen LogP contribution in [0.3, 0.4) is 0 Å². The molecule has 5 heteroatoms. The molecule has 0 aliphatic rings. The van der Waals surface area contributed by atoms with E-state index in [-0.39, 0.29) is 5.91 Å². The Morgan fingerprint density at radius 3 is 3.00 bits per heavy atom. The Bertz CT molecular complexity index is 343. The van der Waals surface area contributed by atoms with Crippen molar-refractivity contribution in [2.24, 2.45) is 0 Å². The standard InChI is InChI=1S/C10H15N3OS/c1-13(5-6-15-2)10(14)9-7-8(11)3-4-12-9/h3-4,7H,5-6H2,1-2H3,(H2,11,12). The topological polar surface area (TPSA) is 59.2 Å². The number of hydrogen-bond acceptors (Lipinski definition) is 4. The van der Waals surface area contributed by atoms with Gasteiger partial charge in [0.25, 0.3) is 5.91 Å². The van der Waals surface area contributed by atoms with Gasteiger partial charge in [0.2, 0.25) is 0 Å². The molecule has 0 saturated carbocycles. The third-order valence-corrected chi connectivity index (χ3v) is 2.57. The van der Waals surface area contributed by atoms with Crippen LogP contribution in [0.25, 0.3) is 0 Å². The fraction of sp³-hybridized carbons (Fsp3) is 0.400. The van der Waals surface area contributed by atoms with Gasteiger partial charge in [-0.2, -0.15) is 11.8 Å². The summed E-state index contributed by atoms with van der Waals surface area (Å²) in [7, 11) is 1.77. The van der Waals surface area contributed by atoms with Crippen LogP contribution in [0.1, 0.15) is 10.5 Å². The Labute approximate surface area is 93.9 Å². The van der Waals surface area contributed by atoms with E-state index in [0.29, 0.717) is 11.4 Å². The lowest BCUT2D eigenvalue weighted by Crippen LogP contribution is -2.29.